The summed E-state index contributed by atoms with van der Waals surface area (Å²) < 4.78 is 19.9. The van der Waals surface area contributed by atoms with Gasteiger partial charge in [0.25, 0.3) is 11.5 Å². The highest BCUT2D eigenvalue weighted by Crippen LogP contribution is 2.21. The van der Waals surface area contributed by atoms with Gasteiger partial charge in [-0.2, -0.15) is 10.2 Å². The van der Waals surface area contributed by atoms with E-state index < -0.39 is 5.91 Å². The van der Waals surface area contributed by atoms with Crippen LogP contribution in [0.1, 0.15) is 23.2 Å². The van der Waals surface area contributed by atoms with Crippen LogP contribution in [0.4, 0.5) is 4.39 Å². The van der Waals surface area contributed by atoms with Crippen LogP contribution in [0.2, 0.25) is 0 Å². The Morgan fingerprint density at radius 1 is 1.13 bits per heavy atom. The Bertz CT molecular complexity index is 1310. The van der Waals surface area contributed by atoms with Crippen LogP contribution in [0.5, 0.6) is 0 Å². The van der Waals surface area contributed by atoms with Crippen molar-refractivity contribution in [2.75, 3.05) is 0 Å². The summed E-state index contributed by atoms with van der Waals surface area (Å²) in [5, 5.41) is 8.95. The van der Waals surface area contributed by atoms with Crippen molar-refractivity contribution < 1.29 is 13.6 Å². The normalized spacial score (nSPS) is 11.3. The van der Waals surface area contributed by atoms with Gasteiger partial charge in [-0.05, 0) is 49.4 Å². The topological polar surface area (TPSA) is 89.5 Å². The average molecular weight is 404 g/mol. The van der Waals surface area contributed by atoms with Crippen LogP contribution in [0, 0.1) is 5.82 Å². The van der Waals surface area contributed by atoms with E-state index in [0.29, 0.717) is 28.8 Å². The molecule has 2 aromatic heterocycles. The summed E-state index contributed by atoms with van der Waals surface area (Å²) >= 11 is 0. The van der Waals surface area contributed by atoms with E-state index in [9.17, 15) is 14.0 Å². The molecule has 0 unspecified atom stereocenters. The molecule has 0 atom stereocenters. The number of aromatic nitrogens is 2. The van der Waals surface area contributed by atoms with Gasteiger partial charge in [0.1, 0.15) is 17.3 Å². The molecule has 2 heterocycles. The van der Waals surface area contributed by atoms with Crippen molar-refractivity contribution in [1.29, 1.82) is 0 Å². The molecule has 1 amide bonds. The fourth-order valence-electron chi connectivity index (χ4n) is 3.02. The molecule has 0 saturated heterocycles. The van der Waals surface area contributed by atoms with Crippen molar-refractivity contribution in [3.63, 3.8) is 0 Å². The number of nitrogens with zero attached hydrogens (tertiary/aromatic N) is 3. The van der Waals surface area contributed by atoms with Gasteiger partial charge in [0.2, 0.25) is 0 Å². The van der Waals surface area contributed by atoms with E-state index in [2.05, 4.69) is 15.6 Å². The number of hydrazone groups is 1. The van der Waals surface area contributed by atoms with Gasteiger partial charge in [0.05, 0.1) is 11.6 Å². The van der Waals surface area contributed by atoms with Gasteiger partial charge in [0.15, 0.2) is 5.69 Å². The van der Waals surface area contributed by atoms with Crippen LogP contribution < -0.4 is 11.0 Å². The Balaban J connectivity index is 1.54. The van der Waals surface area contributed by atoms with Crippen molar-refractivity contribution in [1.82, 2.24) is 15.2 Å². The number of carbonyl (C=O) groups is 1. The van der Waals surface area contributed by atoms with E-state index in [0.717, 1.165) is 5.56 Å². The lowest BCUT2D eigenvalue weighted by molar-refractivity contribution is 0.0949. The second-order valence-corrected chi connectivity index (χ2v) is 6.42. The molecule has 0 aliphatic rings. The molecule has 0 bridgehead atoms. The van der Waals surface area contributed by atoms with Crippen LogP contribution in [0.15, 0.2) is 75.0 Å². The fraction of sp³-hybridized carbons (Fsp3) is 0.0909. The van der Waals surface area contributed by atoms with Crippen LogP contribution in [0.25, 0.3) is 22.1 Å². The summed E-state index contributed by atoms with van der Waals surface area (Å²) in [6.07, 6.45) is 1.35. The average Bonchev–Trinajstić information content (AvgIpc) is 3.23. The number of fused-ring (bicyclic) bond motifs is 1. The van der Waals surface area contributed by atoms with Gasteiger partial charge in [-0.1, -0.05) is 18.2 Å². The van der Waals surface area contributed by atoms with Crippen molar-refractivity contribution >= 4 is 22.9 Å². The maximum absolute atomic E-state index is 13.0. The van der Waals surface area contributed by atoms with E-state index in [4.69, 9.17) is 4.42 Å². The number of rotatable bonds is 5. The maximum atomic E-state index is 13.0. The van der Waals surface area contributed by atoms with Crippen LogP contribution in [-0.4, -0.2) is 21.9 Å². The number of amides is 1. The van der Waals surface area contributed by atoms with Crippen LogP contribution in [-0.2, 0) is 6.54 Å². The lowest BCUT2D eigenvalue weighted by atomic mass is 10.1. The summed E-state index contributed by atoms with van der Waals surface area (Å²) in [6, 6.07) is 16.1. The van der Waals surface area contributed by atoms with Gasteiger partial charge in [-0.25, -0.2) is 14.5 Å². The van der Waals surface area contributed by atoms with Crippen molar-refractivity contribution in [3.8, 4) is 11.3 Å². The highest BCUT2D eigenvalue weighted by Gasteiger charge is 2.15. The molecule has 7 nitrogen and oxygen atoms in total. The van der Waals surface area contributed by atoms with E-state index in [1.165, 1.54) is 23.0 Å². The highest BCUT2D eigenvalue weighted by atomic mass is 19.1. The van der Waals surface area contributed by atoms with Gasteiger partial charge >= 0.3 is 0 Å². The minimum atomic E-state index is -0.546. The molecule has 0 fully saturated rings. The van der Waals surface area contributed by atoms with Gasteiger partial charge < -0.3 is 4.42 Å². The first-order valence-corrected chi connectivity index (χ1v) is 9.26. The Morgan fingerprint density at radius 3 is 2.60 bits per heavy atom. The van der Waals surface area contributed by atoms with E-state index in [1.54, 1.807) is 55.5 Å². The zero-order chi connectivity index (χ0) is 21.1. The smallest absolute Gasteiger partial charge is 0.292 e. The van der Waals surface area contributed by atoms with Gasteiger partial charge in [0, 0.05) is 17.5 Å². The molecule has 8 heteroatoms. The fourth-order valence-corrected chi connectivity index (χ4v) is 3.02. The summed E-state index contributed by atoms with van der Waals surface area (Å²) in [6.45, 7) is 2.12. The summed E-state index contributed by atoms with van der Waals surface area (Å²) in [5.41, 5.74) is 2.98. The quantitative estimate of drug-likeness (QED) is 0.407. The molecule has 1 N–H and O–H groups in total. The minimum absolute atomic E-state index is 0.107. The number of hydrogen-bond donors (Lipinski definition) is 1. The number of carbonyl (C=O) groups excluding carboxylic acids is 1. The largest absolute Gasteiger partial charge is 0.455 e. The number of hydrogen-bond acceptors (Lipinski definition) is 5. The highest BCUT2D eigenvalue weighted by molar-refractivity contribution is 6.04. The standard InChI is InChI=1S/C22H17FN4O3/c1-2-27-22(29)18-6-4-3-5-17(18)20(26-27)21(28)25-24-13-16-11-12-19(30-16)14-7-9-15(23)10-8-14/h3-13H,2H2,1H3,(H,25,28)/b24-13+. The third-order valence-electron chi connectivity index (χ3n) is 4.50. The van der Waals surface area contributed by atoms with Gasteiger partial charge in [-0.15, -0.1) is 0 Å². The van der Waals surface area contributed by atoms with Crippen LogP contribution in [0.3, 0.4) is 0 Å². The third-order valence-corrected chi connectivity index (χ3v) is 4.50. The van der Waals surface area contributed by atoms with E-state index in [-0.39, 0.29) is 17.1 Å². The third kappa shape index (κ3) is 3.75. The minimum Gasteiger partial charge on any atom is -0.455 e. The molecule has 150 valence electrons. The molecule has 30 heavy (non-hydrogen) atoms. The molecular weight excluding hydrogens is 387 g/mol. The Morgan fingerprint density at radius 2 is 1.87 bits per heavy atom. The number of aryl methyl sites for hydroxylation is 1. The van der Waals surface area contributed by atoms with Crippen molar-refractivity contribution in [2.24, 2.45) is 5.10 Å². The number of benzene rings is 2. The SMILES string of the molecule is CCn1nc(C(=O)N/N=C/c2ccc(-c3ccc(F)cc3)o2)c2ccccc2c1=O. The van der Waals surface area contributed by atoms with Crippen LogP contribution >= 0.6 is 0 Å². The molecule has 0 aliphatic carbocycles. The molecular formula is C22H17FN4O3. The zero-order valence-corrected chi connectivity index (χ0v) is 16.0. The summed E-state index contributed by atoms with van der Waals surface area (Å²) in [4.78, 5) is 25.0. The molecule has 2 aromatic carbocycles. The lowest BCUT2D eigenvalue weighted by Gasteiger charge is -2.08. The van der Waals surface area contributed by atoms with Gasteiger partial charge in [-0.3, -0.25) is 9.59 Å². The second-order valence-electron chi connectivity index (χ2n) is 6.42. The molecule has 0 radical (unpaired) electrons. The Kier molecular flexibility index (Phi) is 5.21. The lowest BCUT2D eigenvalue weighted by Crippen LogP contribution is -2.28. The predicted molar refractivity (Wildman–Crippen MR) is 111 cm³/mol. The second kappa shape index (κ2) is 8.12. The summed E-state index contributed by atoms with van der Waals surface area (Å²) in [5.74, 6) is 0.0803. The number of halogens is 1. The first-order chi connectivity index (χ1) is 14.6. The maximum Gasteiger partial charge on any atom is 0.292 e. The van der Waals surface area contributed by atoms with E-state index in [1.807, 2.05) is 0 Å². The molecule has 0 spiro atoms. The zero-order valence-electron chi connectivity index (χ0n) is 16.0. The molecule has 4 aromatic rings. The first-order valence-electron chi connectivity index (χ1n) is 9.26. The molecule has 4 rings (SSSR count). The monoisotopic (exact) mass is 404 g/mol. The Hall–Kier alpha value is -4.07. The first kappa shape index (κ1) is 19.3. The van der Waals surface area contributed by atoms with Crippen molar-refractivity contribution in [3.05, 3.63) is 88.3 Å². The molecule has 0 aliphatic heterocycles. The number of furan rings is 1. The Labute approximate surface area is 170 Å². The summed E-state index contributed by atoms with van der Waals surface area (Å²) in [7, 11) is 0. The van der Waals surface area contributed by atoms with Crippen molar-refractivity contribution in [2.45, 2.75) is 13.5 Å². The number of nitrogens with one attached hydrogen (secondary N) is 1. The molecule has 0 saturated carbocycles. The predicted octanol–water partition coefficient (Wildman–Crippen LogP) is 3.58. The van der Waals surface area contributed by atoms with E-state index >= 15 is 0 Å².